The molecule has 0 saturated carbocycles. The molecule has 3 aromatic rings. The molecule has 1 heterocycles. The van der Waals surface area contributed by atoms with Crippen molar-refractivity contribution in [1.29, 1.82) is 0 Å². The van der Waals surface area contributed by atoms with Gasteiger partial charge in [-0.25, -0.2) is 4.79 Å². The predicted molar refractivity (Wildman–Crippen MR) is 119 cm³/mol. The molecule has 0 radical (unpaired) electrons. The molecule has 1 N–H and O–H groups in total. The van der Waals surface area contributed by atoms with Gasteiger partial charge >= 0.3 is 5.97 Å². The average molecular weight is 402 g/mol. The number of para-hydroxylation sites is 3. The van der Waals surface area contributed by atoms with Crippen molar-refractivity contribution in [3.8, 4) is 11.5 Å². The fourth-order valence-corrected chi connectivity index (χ4v) is 3.98. The fourth-order valence-electron chi connectivity index (χ4n) is 3.98. The summed E-state index contributed by atoms with van der Waals surface area (Å²) in [5.41, 5.74) is 1.26. The minimum absolute atomic E-state index is 0.218. The first-order valence-electron chi connectivity index (χ1n) is 10.6. The van der Waals surface area contributed by atoms with E-state index in [2.05, 4.69) is 24.4 Å². The monoisotopic (exact) mass is 401 g/mol. The van der Waals surface area contributed by atoms with Crippen molar-refractivity contribution >= 4 is 11.7 Å². The Morgan fingerprint density at radius 1 is 0.967 bits per heavy atom. The van der Waals surface area contributed by atoms with Gasteiger partial charge in [0.1, 0.15) is 17.4 Å². The quantitative estimate of drug-likeness (QED) is 0.451. The highest BCUT2D eigenvalue weighted by molar-refractivity contribution is 5.83. The Labute approximate surface area is 177 Å². The maximum atomic E-state index is 12.9. The van der Waals surface area contributed by atoms with Crippen molar-refractivity contribution in [1.82, 2.24) is 0 Å². The van der Waals surface area contributed by atoms with Crippen LogP contribution in [0, 0.1) is 0 Å². The van der Waals surface area contributed by atoms with Crippen LogP contribution in [0.4, 0.5) is 5.69 Å². The zero-order valence-corrected chi connectivity index (χ0v) is 17.2. The van der Waals surface area contributed by atoms with E-state index in [-0.39, 0.29) is 5.97 Å². The summed E-state index contributed by atoms with van der Waals surface area (Å²) in [6, 6.07) is 27.0. The summed E-state index contributed by atoms with van der Waals surface area (Å²) in [6.45, 7) is 2.16. The Balaban J connectivity index is 1.56. The molecule has 1 fully saturated rings. The number of nitrogens with one attached hydrogen (secondary N) is 1. The molecule has 0 aromatic heterocycles. The first-order valence-corrected chi connectivity index (χ1v) is 10.6. The molecule has 2 unspecified atom stereocenters. The lowest BCUT2D eigenvalue weighted by molar-refractivity contribution is -0.150. The van der Waals surface area contributed by atoms with Crippen molar-refractivity contribution in [3.63, 3.8) is 0 Å². The molecule has 3 aromatic carbocycles. The van der Waals surface area contributed by atoms with Gasteiger partial charge in [0.05, 0.1) is 5.69 Å². The van der Waals surface area contributed by atoms with Crippen LogP contribution in [0.1, 0.15) is 38.2 Å². The van der Waals surface area contributed by atoms with Crippen molar-refractivity contribution < 1.29 is 14.3 Å². The summed E-state index contributed by atoms with van der Waals surface area (Å²) in [5.74, 6) is 1.22. The zero-order valence-electron chi connectivity index (χ0n) is 17.2. The second-order valence-corrected chi connectivity index (χ2v) is 7.70. The van der Waals surface area contributed by atoms with E-state index in [4.69, 9.17) is 9.47 Å². The Kier molecular flexibility index (Phi) is 6.03. The Hall–Kier alpha value is -3.27. The van der Waals surface area contributed by atoms with Gasteiger partial charge in [-0.2, -0.15) is 0 Å². The number of unbranched alkanes of at least 4 members (excludes halogenated alkanes) is 1. The SMILES string of the molecule is CCCCC1(c2ccccc2)CC(Nc2ccccc2Oc2ccccc2)C(=O)O1. The van der Waals surface area contributed by atoms with Crippen LogP contribution < -0.4 is 10.1 Å². The molecule has 0 amide bonds. The van der Waals surface area contributed by atoms with Gasteiger partial charge in [0, 0.05) is 6.42 Å². The van der Waals surface area contributed by atoms with Crippen molar-refractivity contribution in [2.45, 2.75) is 44.2 Å². The zero-order chi connectivity index (χ0) is 20.8. The molecule has 1 aliphatic heterocycles. The van der Waals surface area contributed by atoms with E-state index in [9.17, 15) is 4.79 Å². The molecule has 0 spiro atoms. The molecular weight excluding hydrogens is 374 g/mol. The second-order valence-electron chi connectivity index (χ2n) is 7.70. The van der Waals surface area contributed by atoms with Crippen molar-refractivity contribution in [2.24, 2.45) is 0 Å². The van der Waals surface area contributed by atoms with Crippen LogP contribution in [0.2, 0.25) is 0 Å². The minimum Gasteiger partial charge on any atom is -0.455 e. The maximum Gasteiger partial charge on any atom is 0.329 e. The number of carbonyl (C=O) groups excluding carboxylic acids is 1. The Morgan fingerprint density at radius 3 is 2.37 bits per heavy atom. The van der Waals surface area contributed by atoms with E-state index in [1.54, 1.807) is 0 Å². The second kappa shape index (κ2) is 9.04. The molecule has 1 aliphatic rings. The van der Waals surface area contributed by atoms with Gasteiger partial charge in [-0.15, -0.1) is 0 Å². The van der Waals surface area contributed by atoms with Gasteiger partial charge in [0.15, 0.2) is 5.75 Å². The van der Waals surface area contributed by atoms with E-state index in [0.29, 0.717) is 12.2 Å². The summed E-state index contributed by atoms with van der Waals surface area (Å²) in [5, 5.41) is 3.38. The van der Waals surface area contributed by atoms with Gasteiger partial charge in [0.25, 0.3) is 0 Å². The molecule has 1 saturated heterocycles. The van der Waals surface area contributed by atoms with Crippen LogP contribution in [-0.2, 0) is 15.1 Å². The Morgan fingerprint density at radius 2 is 1.63 bits per heavy atom. The lowest BCUT2D eigenvalue weighted by Gasteiger charge is -2.28. The number of hydrogen-bond acceptors (Lipinski definition) is 4. The molecule has 154 valence electrons. The van der Waals surface area contributed by atoms with Crippen molar-refractivity contribution in [3.05, 3.63) is 90.5 Å². The molecule has 30 heavy (non-hydrogen) atoms. The number of ether oxygens (including phenoxy) is 2. The molecule has 0 aliphatic carbocycles. The number of hydrogen-bond donors (Lipinski definition) is 1. The standard InChI is InChI=1S/C26H27NO3/c1-2-3-18-26(20-12-6-4-7-13-20)19-23(25(28)30-26)27-22-16-10-11-17-24(22)29-21-14-8-5-9-15-21/h4-17,23,27H,2-3,18-19H2,1H3. The van der Waals surface area contributed by atoms with Crippen LogP contribution in [0.3, 0.4) is 0 Å². The summed E-state index contributed by atoms with van der Waals surface area (Å²) < 4.78 is 12.1. The van der Waals surface area contributed by atoms with Gasteiger partial charge in [-0.3, -0.25) is 0 Å². The highest BCUT2D eigenvalue weighted by Crippen LogP contribution is 2.43. The normalized spacial score (nSPS) is 20.6. The number of benzene rings is 3. The van der Waals surface area contributed by atoms with Crippen LogP contribution in [0.25, 0.3) is 0 Å². The van der Waals surface area contributed by atoms with E-state index in [0.717, 1.165) is 36.3 Å². The number of cyclic esters (lactones) is 1. The van der Waals surface area contributed by atoms with Gasteiger partial charge in [-0.05, 0) is 42.7 Å². The summed E-state index contributed by atoms with van der Waals surface area (Å²) in [6.07, 6.45) is 3.47. The largest absolute Gasteiger partial charge is 0.455 e. The number of carbonyl (C=O) groups is 1. The fraction of sp³-hybridized carbons (Fsp3) is 0.269. The third kappa shape index (κ3) is 4.33. The van der Waals surface area contributed by atoms with Crippen LogP contribution in [0.15, 0.2) is 84.9 Å². The molecule has 2 atom stereocenters. The summed E-state index contributed by atoms with van der Waals surface area (Å²) in [4.78, 5) is 12.9. The van der Waals surface area contributed by atoms with Crippen LogP contribution >= 0.6 is 0 Å². The highest BCUT2D eigenvalue weighted by atomic mass is 16.6. The molecule has 0 bridgehead atoms. The highest BCUT2D eigenvalue weighted by Gasteiger charge is 2.47. The number of esters is 1. The third-order valence-electron chi connectivity index (χ3n) is 5.54. The van der Waals surface area contributed by atoms with Crippen LogP contribution in [-0.4, -0.2) is 12.0 Å². The van der Waals surface area contributed by atoms with E-state index in [1.165, 1.54) is 0 Å². The van der Waals surface area contributed by atoms with Gasteiger partial charge < -0.3 is 14.8 Å². The lowest BCUT2D eigenvalue weighted by atomic mass is 9.85. The lowest BCUT2D eigenvalue weighted by Crippen LogP contribution is -2.27. The predicted octanol–water partition coefficient (Wildman–Crippen LogP) is 6.29. The first kappa shape index (κ1) is 20.0. The summed E-state index contributed by atoms with van der Waals surface area (Å²) in [7, 11) is 0. The maximum absolute atomic E-state index is 12.9. The molecule has 4 rings (SSSR count). The molecular formula is C26H27NO3. The average Bonchev–Trinajstić information content (AvgIpc) is 3.11. The number of rotatable bonds is 8. The van der Waals surface area contributed by atoms with Gasteiger partial charge in [0.2, 0.25) is 0 Å². The third-order valence-corrected chi connectivity index (χ3v) is 5.54. The Bertz CT molecular complexity index is 974. The molecule has 4 heteroatoms. The van der Waals surface area contributed by atoms with Gasteiger partial charge in [-0.1, -0.05) is 74.0 Å². The van der Waals surface area contributed by atoms with Crippen LogP contribution in [0.5, 0.6) is 11.5 Å². The van der Waals surface area contributed by atoms with E-state index < -0.39 is 11.6 Å². The first-order chi connectivity index (χ1) is 14.7. The summed E-state index contributed by atoms with van der Waals surface area (Å²) >= 11 is 0. The van der Waals surface area contributed by atoms with E-state index in [1.807, 2.05) is 72.8 Å². The smallest absolute Gasteiger partial charge is 0.329 e. The minimum atomic E-state index is -0.582. The molecule has 4 nitrogen and oxygen atoms in total. The van der Waals surface area contributed by atoms with Crippen molar-refractivity contribution in [2.75, 3.05) is 5.32 Å². The number of anilines is 1. The van der Waals surface area contributed by atoms with E-state index >= 15 is 0 Å². The topological polar surface area (TPSA) is 47.6 Å².